The molecule has 27 heavy (non-hydrogen) atoms. The van der Waals surface area contributed by atoms with E-state index >= 15 is 0 Å². The second-order valence-electron chi connectivity index (χ2n) is 6.85. The average molecular weight is 359 g/mol. The SMILES string of the molecule is Cc1ccccc1C1=CCN(c2cc(C(=O)O)c3cc(N)ccc3n2)CC1. The van der Waals surface area contributed by atoms with Gasteiger partial charge in [0.1, 0.15) is 5.82 Å². The van der Waals surface area contributed by atoms with Gasteiger partial charge in [0.25, 0.3) is 0 Å². The van der Waals surface area contributed by atoms with E-state index in [1.54, 1.807) is 24.3 Å². The maximum Gasteiger partial charge on any atom is 0.336 e. The summed E-state index contributed by atoms with van der Waals surface area (Å²) in [6.07, 6.45) is 3.11. The highest BCUT2D eigenvalue weighted by Gasteiger charge is 2.19. The third kappa shape index (κ3) is 3.24. The van der Waals surface area contributed by atoms with Crippen LogP contribution in [0, 0.1) is 6.92 Å². The highest BCUT2D eigenvalue weighted by atomic mass is 16.4. The first kappa shape index (κ1) is 17.1. The molecule has 136 valence electrons. The van der Waals surface area contributed by atoms with Crippen molar-refractivity contribution < 1.29 is 9.90 Å². The average Bonchev–Trinajstić information content (AvgIpc) is 2.67. The van der Waals surface area contributed by atoms with Gasteiger partial charge in [0.15, 0.2) is 0 Å². The van der Waals surface area contributed by atoms with Crippen molar-refractivity contribution in [2.75, 3.05) is 23.7 Å². The van der Waals surface area contributed by atoms with Gasteiger partial charge in [0, 0.05) is 24.2 Å². The predicted molar refractivity (Wildman–Crippen MR) is 109 cm³/mol. The number of aromatic nitrogens is 1. The van der Waals surface area contributed by atoms with Crippen LogP contribution >= 0.6 is 0 Å². The van der Waals surface area contributed by atoms with Gasteiger partial charge in [-0.25, -0.2) is 9.78 Å². The number of nitrogen functional groups attached to an aromatic ring is 1. The lowest BCUT2D eigenvalue weighted by Crippen LogP contribution is -2.29. The molecule has 0 saturated heterocycles. The van der Waals surface area contributed by atoms with Crippen LogP contribution in [-0.4, -0.2) is 29.1 Å². The Morgan fingerprint density at radius 2 is 2.00 bits per heavy atom. The number of anilines is 2. The Labute approximate surface area is 157 Å². The summed E-state index contributed by atoms with van der Waals surface area (Å²) in [4.78, 5) is 18.5. The standard InChI is InChI=1S/C22H21N3O2/c1-14-4-2-3-5-17(14)15-8-10-25(11-9-15)21-13-19(22(26)27)18-12-16(23)6-7-20(18)24-21/h2-8,12-13H,9-11,23H2,1H3,(H,26,27). The molecule has 2 heterocycles. The van der Waals surface area contributed by atoms with Crippen LogP contribution < -0.4 is 10.6 Å². The maximum atomic E-state index is 11.7. The summed E-state index contributed by atoms with van der Waals surface area (Å²) in [5.74, 6) is -0.285. The zero-order valence-electron chi connectivity index (χ0n) is 15.1. The molecule has 0 aliphatic carbocycles. The van der Waals surface area contributed by atoms with Crippen LogP contribution in [0.5, 0.6) is 0 Å². The molecule has 5 nitrogen and oxygen atoms in total. The van der Waals surface area contributed by atoms with Crippen LogP contribution in [-0.2, 0) is 0 Å². The molecule has 0 unspecified atom stereocenters. The summed E-state index contributed by atoms with van der Waals surface area (Å²) in [6, 6.07) is 15.2. The first-order valence-corrected chi connectivity index (χ1v) is 8.96. The molecule has 1 aliphatic rings. The van der Waals surface area contributed by atoms with Gasteiger partial charge in [0.05, 0.1) is 11.1 Å². The molecule has 0 radical (unpaired) electrons. The second-order valence-corrected chi connectivity index (χ2v) is 6.85. The molecule has 1 aliphatic heterocycles. The first-order valence-electron chi connectivity index (χ1n) is 8.96. The number of aromatic carboxylic acids is 1. The summed E-state index contributed by atoms with van der Waals surface area (Å²) in [7, 11) is 0. The van der Waals surface area contributed by atoms with E-state index in [1.165, 1.54) is 16.7 Å². The summed E-state index contributed by atoms with van der Waals surface area (Å²) in [6.45, 7) is 3.63. The van der Waals surface area contributed by atoms with Gasteiger partial charge in [-0.2, -0.15) is 0 Å². The highest BCUT2D eigenvalue weighted by molar-refractivity contribution is 6.04. The maximum absolute atomic E-state index is 11.7. The number of benzene rings is 2. The fourth-order valence-electron chi connectivity index (χ4n) is 3.62. The van der Waals surface area contributed by atoms with Gasteiger partial charge >= 0.3 is 5.97 Å². The van der Waals surface area contributed by atoms with E-state index in [-0.39, 0.29) is 5.56 Å². The van der Waals surface area contributed by atoms with Gasteiger partial charge in [-0.3, -0.25) is 0 Å². The molecule has 0 spiro atoms. The molecule has 5 heteroatoms. The predicted octanol–water partition coefficient (Wildman–Crippen LogP) is 4.12. The smallest absolute Gasteiger partial charge is 0.336 e. The van der Waals surface area contributed by atoms with Gasteiger partial charge < -0.3 is 15.7 Å². The molecule has 0 amide bonds. The van der Waals surface area contributed by atoms with Crippen molar-refractivity contribution in [2.24, 2.45) is 0 Å². The van der Waals surface area contributed by atoms with Gasteiger partial charge in [-0.05, 0) is 54.3 Å². The number of pyridine rings is 1. The zero-order chi connectivity index (χ0) is 19.0. The monoisotopic (exact) mass is 359 g/mol. The lowest BCUT2D eigenvalue weighted by molar-refractivity contribution is 0.0699. The van der Waals surface area contributed by atoms with Crippen molar-refractivity contribution in [2.45, 2.75) is 13.3 Å². The molecule has 1 aromatic heterocycles. The fraction of sp³-hybridized carbons (Fsp3) is 0.182. The molecule has 4 rings (SSSR count). The Kier molecular flexibility index (Phi) is 4.28. The third-order valence-corrected chi connectivity index (χ3v) is 5.07. The number of fused-ring (bicyclic) bond motifs is 1. The van der Waals surface area contributed by atoms with Crippen LogP contribution in [0.15, 0.2) is 54.6 Å². The molecule has 3 N–H and O–H groups in total. The number of hydrogen-bond acceptors (Lipinski definition) is 4. The van der Waals surface area contributed by atoms with E-state index < -0.39 is 5.97 Å². The summed E-state index contributed by atoms with van der Waals surface area (Å²) < 4.78 is 0. The Bertz CT molecular complexity index is 1070. The summed E-state index contributed by atoms with van der Waals surface area (Å²) >= 11 is 0. The van der Waals surface area contributed by atoms with E-state index in [0.717, 1.165) is 13.0 Å². The molecular formula is C22H21N3O2. The number of aryl methyl sites for hydroxylation is 1. The Morgan fingerprint density at radius 3 is 2.70 bits per heavy atom. The number of carboxylic acid groups (broad SMARTS) is 1. The lowest BCUT2D eigenvalue weighted by atomic mass is 9.95. The van der Waals surface area contributed by atoms with E-state index in [1.807, 2.05) is 6.07 Å². The minimum atomic E-state index is -0.970. The van der Waals surface area contributed by atoms with Gasteiger partial charge in [0.2, 0.25) is 0 Å². The summed E-state index contributed by atoms with van der Waals surface area (Å²) in [5, 5.41) is 10.2. The van der Waals surface area contributed by atoms with Gasteiger partial charge in [-0.1, -0.05) is 30.3 Å². The Morgan fingerprint density at radius 1 is 1.19 bits per heavy atom. The molecule has 0 atom stereocenters. The molecule has 3 aromatic rings. The molecule has 0 fully saturated rings. The Balaban J connectivity index is 1.69. The van der Waals surface area contributed by atoms with Crippen LogP contribution in [0.1, 0.15) is 27.9 Å². The topological polar surface area (TPSA) is 79.5 Å². The Hall–Kier alpha value is -3.34. The zero-order valence-corrected chi connectivity index (χ0v) is 15.1. The molecule has 0 saturated carbocycles. The number of rotatable bonds is 3. The van der Waals surface area contributed by atoms with Crippen molar-refractivity contribution in [3.05, 3.63) is 71.3 Å². The van der Waals surface area contributed by atoms with E-state index in [4.69, 9.17) is 5.73 Å². The summed E-state index contributed by atoms with van der Waals surface area (Å²) in [5.41, 5.74) is 11.1. The van der Waals surface area contributed by atoms with Crippen molar-refractivity contribution in [3.8, 4) is 0 Å². The van der Waals surface area contributed by atoms with Crippen LogP contribution in [0.2, 0.25) is 0 Å². The van der Waals surface area contributed by atoms with Crippen molar-refractivity contribution in [1.82, 2.24) is 4.98 Å². The fourth-order valence-corrected chi connectivity index (χ4v) is 3.62. The second kappa shape index (κ2) is 6.76. The minimum absolute atomic E-state index is 0.232. The van der Waals surface area contributed by atoms with E-state index in [9.17, 15) is 9.90 Å². The van der Waals surface area contributed by atoms with Crippen molar-refractivity contribution >= 4 is 34.0 Å². The number of carbonyl (C=O) groups is 1. The van der Waals surface area contributed by atoms with E-state index in [0.29, 0.717) is 29.0 Å². The number of hydrogen-bond donors (Lipinski definition) is 2. The number of nitrogens with zero attached hydrogens (tertiary/aromatic N) is 2. The number of nitrogens with two attached hydrogens (primary N) is 1. The van der Waals surface area contributed by atoms with Crippen molar-refractivity contribution in [3.63, 3.8) is 0 Å². The van der Waals surface area contributed by atoms with Crippen LogP contribution in [0.4, 0.5) is 11.5 Å². The van der Waals surface area contributed by atoms with Crippen LogP contribution in [0.25, 0.3) is 16.5 Å². The normalized spacial score (nSPS) is 14.3. The minimum Gasteiger partial charge on any atom is -0.478 e. The molecule has 2 aromatic carbocycles. The van der Waals surface area contributed by atoms with Crippen molar-refractivity contribution in [1.29, 1.82) is 0 Å². The van der Waals surface area contributed by atoms with Gasteiger partial charge in [-0.15, -0.1) is 0 Å². The third-order valence-electron chi connectivity index (χ3n) is 5.07. The highest BCUT2D eigenvalue weighted by Crippen LogP contribution is 2.29. The van der Waals surface area contributed by atoms with Crippen LogP contribution in [0.3, 0.4) is 0 Å². The molecule has 0 bridgehead atoms. The largest absolute Gasteiger partial charge is 0.478 e. The number of carboxylic acids is 1. The molecular weight excluding hydrogens is 338 g/mol. The first-order chi connectivity index (χ1) is 13.0. The lowest BCUT2D eigenvalue weighted by Gasteiger charge is -2.28. The quantitative estimate of drug-likeness (QED) is 0.688. The van der Waals surface area contributed by atoms with E-state index in [2.05, 4.69) is 41.1 Å².